The van der Waals surface area contributed by atoms with Crippen LogP contribution < -0.4 is 0 Å². The van der Waals surface area contributed by atoms with Crippen molar-refractivity contribution in [3.63, 3.8) is 0 Å². The number of epoxide rings is 1. The van der Waals surface area contributed by atoms with Gasteiger partial charge in [0.1, 0.15) is 6.10 Å². The Hall–Kier alpha value is -0.810. The molecule has 2 rings (SSSR count). The molecule has 2 nitrogen and oxygen atoms in total. The molecule has 0 aromatic rings. The number of ether oxygens (including phenoxy) is 1. The highest BCUT2D eigenvalue weighted by Gasteiger charge is 2.65. The second kappa shape index (κ2) is 1.92. The van der Waals surface area contributed by atoms with Crippen LogP contribution in [0.1, 0.15) is 26.7 Å². The predicted octanol–water partition coefficient (Wildman–Crippen LogP) is 1.15. The van der Waals surface area contributed by atoms with Gasteiger partial charge in [0.05, 0.1) is 0 Å². The third-order valence-electron chi connectivity index (χ3n) is 2.73. The second-order valence-electron chi connectivity index (χ2n) is 4.45. The summed E-state index contributed by atoms with van der Waals surface area (Å²) in [7, 11) is 0. The van der Waals surface area contributed by atoms with E-state index < -0.39 is 5.60 Å². The second-order valence-corrected chi connectivity index (χ2v) is 4.45. The normalized spacial score (nSPS) is 43.1. The monoisotopic (exact) mass is 164 g/mol. The fourth-order valence-electron chi connectivity index (χ4n) is 1.97. The molecule has 1 heterocycles. The van der Waals surface area contributed by atoms with Crippen molar-refractivity contribution in [3.8, 4) is 12.3 Å². The summed E-state index contributed by atoms with van der Waals surface area (Å²) in [6.45, 7) is 4.15. The van der Waals surface area contributed by atoms with Crippen LogP contribution in [0.2, 0.25) is 0 Å². The number of fused-ring (bicyclic) bond motifs is 1. The molecule has 0 aromatic carbocycles. The maximum atomic E-state index is 11.5. The third kappa shape index (κ3) is 0.834. The number of hydrogen-bond acceptors (Lipinski definition) is 2. The Morgan fingerprint density at radius 3 is 2.83 bits per heavy atom. The minimum absolute atomic E-state index is 0.00116. The maximum absolute atomic E-state index is 11.5. The molecule has 0 spiro atoms. The summed E-state index contributed by atoms with van der Waals surface area (Å²) in [5, 5.41) is 0. The standard InChI is InChI=1S/C10H12O2/c1-4-10-7(11)5-9(2,3)6-8(10)12-10/h1,8H,5-6H2,2-3H3. The molecule has 64 valence electrons. The van der Waals surface area contributed by atoms with Crippen molar-refractivity contribution < 1.29 is 9.53 Å². The van der Waals surface area contributed by atoms with Crippen molar-refractivity contribution in [3.05, 3.63) is 0 Å². The largest absolute Gasteiger partial charge is 0.345 e. The van der Waals surface area contributed by atoms with Crippen molar-refractivity contribution in [1.82, 2.24) is 0 Å². The van der Waals surface area contributed by atoms with Gasteiger partial charge in [-0.3, -0.25) is 4.79 Å². The highest BCUT2D eigenvalue weighted by molar-refractivity contribution is 5.95. The zero-order valence-corrected chi connectivity index (χ0v) is 7.39. The van der Waals surface area contributed by atoms with E-state index >= 15 is 0 Å². The third-order valence-corrected chi connectivity index (χ3v) is 2.73. The van der Waals surface area contributed by atoms with Crippen molar-refractivity contribution in [1.29, 1.82) is 0 Å². The van der Waals surface area contributed by atoms with Gasteiger partial charge in [-0.2, -0.15) is 0 Å². The molecule has 1 aliphatic heterocycles. The minimum Gasteiger partial charge on any atom is -0.345 e. The molecule has 1 saturated carbocycles. The Kier molecular flexibility index (Phi) is 1.25. The van der Waals surface area contributed by atoms with Crippen LogP contribution >= 0.6 is 0 Å². The molecule has 0 aromatic heterocycles. The number of terminal acetylenes is 1. The highest BCUT2D eigenvalue weighted by atomic mass is 16.6. The van der Waals surface area contributed by atoms with Crippen LogP contribution in [0.25, 0.3) is 0 Å². The summed E-state index contributed by atoms with van der Waals surface area (Å²) in [5.74, 6) is 2.56. The summed E-state index contributed by atoms with van der Waals surface area (Å²) >= 11 is 0. The number of carbonyl (C=O) groups is 1. The van der Waals surface area contributed by atoms with Gasteiger partial charge in [0.2, 0.25) is 5.60 Å². The minimum atomic E-state index is -0.810. The fraction of sp³-hybridized carbons (Fsp3) is 0.700. The molecule has 0 N–H and O–H groups in total. The van der Waals surface area contributed by atoms with Crippen molar-refractivity contribution in [2.75, 3.05) is 0 Å². The van der Waals surface area contributed by atoms with E-state index in [2.05, 4.69) is 19.8 Å². The summed E-state index contributed by atoms with van der Waals surface area (Å²) in [6, 6.07) is 0. The molecule has 0 radical (unpaired) electrons. The van der Waals surface area contributed by atoms with Gasteiger partial charge < -0.3 is 4.74 Å². The van der Waals surface area contributed by atoms with E-state index in [1.807, 2.05) is 0 Å². The van der Waals surface area contributed by atoms with E-state index in [0.717, 1.165) is 6.42 Å². The van der Waals surface area contributed by atoms with Gasteiger partial charge in [-0.15, -0.1) is 6.42 Å². The molecule has 12 heavy (non-hydrogen) atoms. The first-order valence-corrected chi connectivity index (χ1v) is 4.19. The van der Waals surface area contributed by atoms with E-state index in [0.29, 0.717) is 6.42 Å². The topological polar surface area (TPSA) is 29.6 Å². The quantitative estimate of drug-likeness (QED) is 0.397. The van der Waals surface area contributed by atoms with Crippen LogP contribution in [0.5, 0.6) is 0 Å². The van der Waals surface area contributed by atoms with Crippen LogP contribution in [0, 0.1) is 17.8 Å². The predicted molar refractivity (Wildman–Crippen MR) is 44.5 cm³/mol. The van der Waals surface area contributed by atoms with E-state index in [-0.39, 0.29) is 17.3 Å². The van der Waals surface area contributed by atoms with Crippen LogP contribution in [-0.2, 0) is 9.53 Å². The number of ketones is 1. The number of carbonyl (C=O) groups excluding carboxylic acids is 1. The fourth-order valence-corrected chi connectivity index (χ4v) is 1.97. The van der Waals surface area contributed by atoms with Gasteiger partial charge in [0.25, 0.3) is 0 Å². The molecule has 1 saturated heterocycles. The highest BCUT2D eigenvalue weighted by Crippen LogP contribution is 2.51. The van der Waals surface area contributed by atoms with Gasteiger partial charge in [-0.05, 0) is 11.8 Å². The zero-order chi connectivity index (χ0) is 8.98. The summed E-state index contributed by atoms with van der Waals surface area (Å²) in [6.07, 6.45) is 6.72. The van der Waals surface area contributed by atoms with E-state index in [1.165, 1.54) is 0 Å². The molecular weight excluding hydrogens is 152 g/mol. The molecule has 1 aliphatic carbocycles. The Bertz CT molecular complexity index is 285. The first kappa shape index (κ1) is 7.82. The molecule has 2 unspecified atom stereocenters. The Labute approximate surface area is 72.3 Å². The molecule has 2 aliphatic rings. The van der Waals surface area contributed by atoms with Crippen molar-refractivity contribution >= 4 is 5.78 Å². The molecule has 0 amide bonds. The average Bonchev–Trinajstić information content (AvgIpc) is 2.61. The lowest BCUT2D eigenvalue weighted by molar-refractivity contribution is -0.124. The van der Waals surface area contributed by atoms with E-state index in [4.69, 9.17) is 11.2 Å². The Morgan fingerprint density at radius 1 is 1.67 bits per heavy atom. The molecule has 2 heteroatoms. The summed E-state index contributed by atoms with van der Waals surface area (Å²) in [5.41, 5.74) is -0.742. The number of Topliss-reactive ketones (excluding diaryl/α,β-unsaturated/α-hetero) is 1. The maximum Gasteiger partial charge on any atom is 0.213 e. The Balaban J connectivity index is 2.25. The van der Waals surface area contributed by atoms with Gasteiger partial charge in [0.15, 0.2) is 5.78 Å². The smallest absolute Gasteiger partial charge is 0.213 e. The van der Waals surface area contributed by atoms with Gasteiger partial charge >= 0.3 is 0 Å². The summed E-state index contributed by atoms with van der Waals surface area (Å²) in [4.78, 5) is 11.5. The number of hydrogen-bond donors (Lipinski definition) is 0. The van der Waals surface area contributed by atoms with Crippen LogP contribution in [0.15, 0.2) is 0 Å². The zero-order valence-electron chi connectivity index (χ0n) is 7.39. The molecular formula is C10H12O2. The van der Waals surface area contributed by atoms with Gasteiger partial charge in [-0.1, -0.05) is 19.8 Å². The van der Waals surface area contributed by atoms with Gasteiger partial charge in [0, 0.05) is 6.42 Å². The first-order chi connectivity index (χ1) is 5.50. The van der Waals surface area contributed by atoms with E-state index in [9.17, 15) is 4.79 Å². The molecule has 2 fully saturated rings. The lowest BCUT2D eigenvalue weighted by Crippen LogP contribution is -2.37. The summed E-state index contributed by atoms with van der Waals surface area (Å²) < 4.78 is 5.28. The van der Waals surface area contributed by atoms with Crippen molar-refractivity contribution in [2.24, 2.45) is 5.41 Å². The molecule has 2 atom stereocenters. The Morgan fingerprint density at radius 2 is 2.33 bits per heavy atom. The van der Waals surface area contributed by atoms with Crippen LogP contribution in [-0.4, -0.2) is 17.5 Å². The lowest BCUT2D eigenvalue weighted by Gasteiger charge is -2.27. The molecule has 0 bridgehead atoms. The van der Waals surface area contributed by atoms with E-state index in [1.54, 1.807) is 0 Å². The number of rotatable bonds is 0. The lowest BCUT2D eigenvalue weighted by atomic mass is 9.72. The van der Waals surface area contributed by atoms with Crippen LogP contribution in [0.4, 0.5) is 0 Å². The first-order valence-electron chi connectivity index (χ1n) is 4.19. The SMILES string of the molecule is C#CC12OC1CC(C)(C)CC2=O. The van der Waals surface area contributed by atoms with Crippen molar-refractivity contribution in [2.45, 2.75) is 38.4 Å². The average molecular weight is 164 g/mol. The van der Waals surface area contributed by atoms with Gasteiger partial charge in [-0.25, -0.2) is 0 Å². The van der Waals surface area contributed by atoms with Crippen LogP contribution in [0.3, 0.4) is 0 Å².